The van der Waals surface area contributed by atoms with Crippen LogP contribution in [0.1, 0.15) is 79.8 Å². The summed E-state index contributed by atoms with van der Waals surface area (Å²) >= 11 is 0. The molecule has 3 atom stereocenters. The molecular weight excluding hydrogens is 847 g/mol. The predicted octanol–water partition coefficient (Wildman–Crippen LogP) is 9.35. The van der Waals surface area contributed by atoms with Crippen LogP contribution in [0.15, 0.2) is 170 Å². The van der Waals surface area contributed by atoms with Gasteiger partial charge < -0.3 is 34.9 Å². The van der Waals surface area contributed by atoms with Crippen LogP contribution in [0.4, 0.5) is 9.59 Å². The van der Waals surface area contributed by atoms with Gasteiger partial charge in [0.15, 0.2) is 6.04 Å². The Kier molecular flexibility index (Phi) is 15.2. The van der Waals surface area contributed by atoms with Crippen LogP contribution in [0.2, 0.25) is 0 Å². The van der Waals surface area contributed by atoms with Gasteiger partial charge in [0, 0.05) is 12.3 Å². The minimum Gasteiger partial charge on any atom is -0.459 e. The van der Waals surface area contributed by atoms with Crippen LogP contribution in [-0.2, 0) is 45.5 Å². The van der Waals surface area contributed by atoms with E-state index in [1.54, 1.807) is 45.0 Å². The molecule has 1 aliphatic rings. The van der Waals surface area contributed by atoms with Crippen molar-refractivity contribution in [1.82, 2.24) is 16.0 Å². The maximum Gasteiger partial charge on any atom is 0.408 e. The van der Waals surface area contributed by atoms with Gasteiger partial charge in [0.1, 0.15) is 36.5 Å². The van der Waals surface area contributed by atoms with Crippen LogP contribution in [0, 0.1) is 0 Å². The van der Waals surface area contributed by atoms with Gasteiger partial charge in [0.05, 0.1) is 0 Å². The highest BCUT2D eigenvalue weighted by molar-refractivity contribution is 5.86. The third-order valence-corrected chi connectivity index (χ3v) is 11.4. The van der Waals surface area contributed by atoms with Crippen molar-refractivity contribution in [3.8, 4) is 11.1 Å². The number of rotatable bonds is 17. The molecule has 344 valence electrons. The Morgan fingerprint density at radius 1 is 0.567 bits per heavy atom. The fraction of sp³-hybridized carbons (Fsp3) is 0.255. The maximum atomic E-state index is 14.4. The molecule has 1 aliphatic carbocycles. The summed E-state index contributed by atoms with van der Waals surface area (Å²) in [5.41, 5.74) is 5.11. The average molecular weight is 902 g/mol. The van der Waals surface area contributed by atoms with Gasteiger partial charge in [0.2, 0.25) is 5.91 Å². The molecule has 0 spiro atoms. The van der Waals surface area contributed by atoms with Crippen LogP contribution < -0.4 is 16.0 Å². The summed E-state index contributed by atoms with van der Waals surface area (Å²) in [5.74, 6) is -2.58. The van der Waals surface area contributed by atoms with Gasteiger partial charge in [-0.15, -0.1) is 0 Å². The highest BCUT2D eigenvalue weighted by atomic mass is 16.6. The number of ether oxygens (including phenoxy) is 4. The van der Waals surface area contributed by atoms with Gasteiger partial charge in [-0.2, -0.15) is 0 Å². The molecule has 0 bridgehead atoms. The van der Waals surface area contributed by atoms with E-state index in [1.807, 2.05) is 146 Å². The molecular formula is C55H55N3O9. The van der Waals surface area contributed by atoms with Gasteiger partial charge in [-0.05, 0) is 78.6 Å². The van der Waals surface area contributed by atoms with E-state index in [4.69, 9.17) is 18.9 Å². The first kappa shape index (κ1) is 47.2. The summed E-state index contributed by atoms with van der Waals surface area (Å²) in [6, 6.07) is 50.5. The van der Waals surface area contributed by atoms with E-state index in [2.05, 4.69) is 16.0 Å². The second-order valence-corrected chi connectivity index (χ2v) is 17.3. The molecule has 0 aliphatic heterocycles. The zero-order valence-corrected chi connectivity index (χ0v) is 38.0. The van der Waals surface area contributed by atoms with Gasteiger partial charge >= 0.3 is 24.1 Å². The zero-order valence-electron chi connectivity index (χ0n) is 38.0. The van der Waals surface area contributed by atoms with Crippen LogP contribution in [0.5, 0.6) is 0 Å². The van der Waals surface area contributed by atoms with Crippen LogP contribution in [-0.4, -0.2) is 60.4 Å². The van der Waals surface area contributed by atoms with Gasteiger partial charge in [-0.3, -0.25) is 4.79 Å². The second kappa shape index (κ2) is 21.5. The summed E-state index contributed by atoms with van der Waals surface area (Å²) < 4.78 is 22.7. The Hall–Kier alpha value is -7.73. The van der Waals surface area contributed by atoms with Crippen molar-refractivity contribution in [2.75, 3.05) is 6.61 Å². The summed E-state index contributed by atoms with van der Waals surface area (Å²) in [4.78, 5) is 69.3. The molecule has 12 heteroatoms. The molecule has 0 saturated carbocycles. The van der Waals surface area contributed by atoms with Crippen LogP contribution in [0.3, 0.4) is 0 Å². The topological polar surface area (TPSA) is 158 Å². The predicted molar refractivity (Wildman–Crippen MR) is 254 cm³/mol. The lowest BCUT2D eigenvalue weighted by Gasteiger charge is -2.37. The number of esters is 2. The molecule has 3 N–H and O–H groups in total. The van der Waals surface area contributed by atoms with Crippen LogP contribution in [0.25, 0.3) is 11.1 Å². The van der Waals surface area contributed by atoms with Crippen molar-refractivity contribution >= 4 is 30.0 Å². The van der Waals surface area contributed by atoms with Crippen molar-refractivity contribution in [2.24, 2.45) is 0 Å². The summed E-state index contributed by atoms with van der Waals surface area (Å²) in [7, 11) is 0. The molecule has 0 saturated heterocycles. The minimum absolute atomic E-state index is 0.0403. The molecule has 3 amide bonds. The van der Waals surface area contributed by atoms with Gasteiger partial charge in [-0.1, -0.05) is 170 Å². The molecule has 6 aromatic carbocycles. The molecule has 0 heterocycles. The molecule has 6 aromatic rings. The lowest BCUT2D eigenvalue weighted by Crippen LogP contribution is -2.53. The number of nitrogens with one attached hydrogen (secondary N) is 3. The molecule has 0 unspecified atom stereocenters. The lowest BCUT2D eigenvalue weighted by molar-refractivity contribution is -0.159. The smallest absolute Gasteiger partial charge is 0.408 e. The summed E-state index contributed by atoms with van der Waals surface area (Å²) in [6.07, 6.45) is -3.70. The van der Waals surface area contributed by atoms with Crippen LogP contribution >= 0.6 is 0 Å². The van der Waals surface area contributed by atoms with E-state index in [-0.39, 0.29) is 32.0 Å². The fourth-order valence-electron chi connectivity index (χ4n) is 8.31. The van der Waals surface area contributed by atoms with Crippen molar-refractivity contribution in [3.63, 3.8) is 0 Å². The lowest BCUT2D eigenvalue weighted by atomic mass is 9.77. The Balaban J connectivity index is 1.13. The molecule has 0 radical (unpaired) electrons. The number of alkyl carbamates (subject to hydrolysis) is 2. The standard InChI is InChI=1S/C55H55N3O9/c1-37(49(57-53(63)67-54(2,3)4)51(61)64-35-38-21-9-5-10-22-38)66-50(60)47(56-52(62)65-36-46-44-31-19-17-29-42(44)43-30-18-20-32-45(43)46)33-34-48(59)58-55(39-23-11-6-12-24-39,40-25-13-7-14-26-40)41-27-15-8-16-28-41/h5-32,37,46-47,49H,33-36H2,1-4H3,(H,56,62)(H,57,63)(H,58,59)/t37-,47-,49+/m1/s1. The molecule has 12 nitrogen and oxygen atoms in total. The fourth-order valence-corrected chi connectivity index (χ4v) is 8.31. The normalized spacial score (nSPS) is 13.4. The highest BCUT2D eigenvalue weighted by Gasteiger charge is 2.39. The van der Waals surface area contributed by atoms with Gasteiger partial charge in [-0.25, -0.2) is 19.2 Å². The second-order valence-electron chi connectivity index (χ2n) is 17.3. The zero-order chi connectivity index (χ0) is 47.4. The first-order chi connectivity index (χ1) is 32.3. The first-order valence-electron chi connectivity index (χ1n) is 22.3. The Bertz CT molecular complexity index is 2490. The SMILES string of the molecule is C[C@@H](OC(=O)[C@@H](CCC(=O)NC(c1ccccc1)(c1ccccc1)c1ccccc1)NC(=O)OCC1c2ccccc2-c2ccccc21)[C@H](NC(=O)OC(C)(C)C)C(=O)OCc1ccccc1. The van der Waals surface area contributed by atoms with E-state index in [0.717, 1.165) is 38.9 Å². The Labute approximate surface area is 391 Å². The largest absolute Gasteiger partial charge is 0.459 e. The molecule has 0 aromatic heterocycles. The average Bonchev–Trinajstić information content (AvgIpc) is 3.66. The van der Waals surface area contributed by atoms with Crippen molar-refractivity contribution in [1.29, 1.82) is 0 Å². The summed E-state index contributed by atoms with van der Waals surface area (Å²) in [6.45, 7) is 6.24. The third kappa shape index (κ3) is 11.8. The monoisotopic (exact) mass is 901 g/mol. The van der Waals surface area contributed by atoms with Gasteiger partial charge in [0.25, 0.3) is 0 Å². The molecule has 7 rings (SSSR count). The van der Waals surface area contributed by atoms with E-state index >= 15 is 0 Å². The van der Waals surface area contributed by atoms with E-state index in [9.17, 15) is 24.0 Å². The minimum atomic E-state index is -1.52. The number of hydrogen-bond acceptors (Lipinski definition) is 9. The van der Waals surface area contributed by atoms with E-state index in [0.29, 0.717) is 5.56 Å². The number of benzene rings is 6. The number of carbonyl (C=O) groups is 5. The maximum absolute atomic E-state index is 14.4. The summed E-state index contributed by atoms with van der Waals surface area (Å²) in [5, 5.41) is 8.44. The third-order valence-electron chi connectivity index (χ3n) is 11.4. The first-order valence-corrected chi connectivity index (χ1v) is 22.3. The van der Waals surface area contributed by atoms with Crippen molar-refractivity contribution < 1.29 is 42.9 Å². The molecule has 67 heavy (non-hydrogen) atoms. The number of fused-ring (bicyclic) bond motifs is 3. The Morgan fingerprint density at radius 3 is 1.55 bits per heavy atom. The number of carbonyl (C=O) groups excluding carboxylic acids is 5. The Morgan fingerprint density at radius 2 is 1.04 bits per heavy atom. The number of amides is 3. The van der Waals surface area contributed by atoms with E-state index < -0.39 is 59.4 Å². The van der Waals surface area contributed by atoms with Crippen molar-refractivity contribution in [2.45, 2.75) is 82.4 Å². The van der Waals surface area contributed by atoms with E-state index in [1.165, 1.54) is 6.92 Å². The molecule has 0 fully saturated rings. The quantitative estimate of drug-likeness (QED) is 0.0461. The van der Waals surface area contributed by atoms with Crippen molar-refractivity contribution in [3.05, 3.63) is 203 Å². The number of hydrogen-bond donors (Lipinski definition) is 3. The highest BCUT2D eigenvalue weighted by Crippen LogP contribution is 2.44.